The number of hydrogen-bond donors (Lipinski definition) is 0. The topological polar surface area (TPSA) is 3.24 Å². The maximum absolute atomic E-state index is 3.95. The molecule has 5 aromatic rings. The van der Waals surface area contributed by atoms with E-state index in [1.165, 1.54) is 103 Å². The minimum Gasteiger partial charge on any atom is -0.311 e. The van der Waals surface area contributed by atoms with Gasteiger partial charge in [-0.25, -0.2) is 0 Å². The van der Waals surface area contributed by atoms with E-state index in [0.717, 1.165) is 35.5 Å². The molecule has 0 spiro atoms. The fourth-order valence-corrected chi connectivity index (χ4v) is 8.29. The number of allylic oxidation sites excluding steroid dienone is 2. The molecule has 0 radical (unpaired) electrons. The highest BCUT2D eigenvalue weighted by Gasteiger charge is 2.42. The molecule has 266 valence electrons. The summed E-state index contributed by atoms with van der Waals surface area (Å²) in [6.07, 6.45) is 20.8. The lowest BCUT2D eigenvalue weighted by atomic mass is 9.70. The molecule has 0 fully saturated rings. The van der Waals surface area contributed by atoms with Gasteiger partial charge in [-0.3, -0.25) is 0 Å². The van der Waals surface area contributed by atoms with Gasteiger partial charge >= 0.3 is 0 Å². The predicted octanol–water partition coefficient (Wildman–Crippen LogP) is 15.4. The van der Waals surface area contributed by atoms with Crippen molar-refractivity contribution < 1.29 is 0 Å². The first-order valence-electron chi connectivity index (χ1n) is 19.6. The third-order valence-electron chi connectivity index (χ3n) is 11.2. The second kappa shape index (κ2) is 17.6. The Balaban J connectivity index is 1.35. The second-order valence-corrected chi connectivity index (χ2v) is 14.9. The normalized spacial score (nSPS) is 12.6. The van der Waals surface area contributed by atoms with Crippen LogP contribution in [0.2, 0.25) is 0 Å². The van der Waals surface area contributed by atoms with Crippen molar-refractivity contribution in [3.05, 3.63) is 169 Å². The standard InChI is InChI=1S/C51H57N/c1-6-9-11-13-15-17-35-51(36-18-16-14-12-10-7-2)49-37-40(5)21-33-47(49)48-34-26-43(38-50(48)51)42-24-31-46(32-25-42)52(44-27-19-39(4)20-28-44)45-29-22-41(8-3)23-30-45/h6-8,19-34,37-38H,1-3,9-18,35-36H2,4-5H3. The van der Waals surface area contributed by atoms with E-state index >= 15 is 0 Å². The highest BCUT2D eigenvalue weighted by Crippen LogP contribution is 2.55. The van der Waals surface area contributed by atoms with E-state index in [0.29, 0.717) is 0 Å². The van der Waals surface area contributed by atoms with Crippen LogP contribution >= 0.6 is 0 Å². The molecular weight excluding hydrogens is 627 g/mol. The number of benzene rings is 5. The van der Waals surface area contributed by atoms with Crippen LogP contribution in [0, 0.1) is 13.8 Å². The molecule has 0 atom stereocenters. The Morgan fingerprint density at radius 1 is 0.481 bits per heavy atom. The predicted molar refractivity (Wildman–Crippen MR) is 228 cm³/mol. The van der Waals surface area contributed by atoms with Crippen molar-refractivity contribution in [3.63, 3.8) is 0 Å². The molecule has 6 rings (SSSR count). The Morgan fingerprint density at radius 3 is 1.50 bits per heavy atom. The molecule has 5 aromatic carbocycles. The van der Waals surface area contributed by atoms with Crippen LogP contribution in [0.4, 0.5) is 17.1 Å². The zero-order chi connectivity index (χ0) is 36.3. The SMILES string of the molecule is C=CCCCCCCC1(CCCCCCC=C)c2cc(C)ccc2-c2ccc(-c3ccc(N(c4ccc(C)cc4)c4ccc(C=C)cc4)cc3)cc21. The average molecular weight is 684 g/mol. The monoisotopic (exact) mass is 683 g/mol. The Kier molecular flexibility index (Phi) is 12.5. The maximum Gasteiger partial charge on any atom is 0.0462 e. The Labute approximate surface area is 314 Å². The molecular formula is C51H57N. The fourth-order valence-electron chi connectivity index (χ4n) is 8.29. The summed E-state index contributed by atoms with van der Waals surface area (Å²) in [4.78, 5) is 2.34. The van der Waals surface area contributed by atoms with Crippen LogP contribution in [-0.2, 0) is 5.41 Å². The molecule has 1 aliphatic carbocycles. The lowest BCUT2D eigenvalue weighted by molar-refractivity contribution is 0.399. The summed E-state index contributed by atoms with van der Waals surface area (Å²) in [5.41, 5.74) is 15.7. The summed E-state index contributed by atoms with van der Waals surface area (Å²) >= 11 is 0. The van der Waals surface area contributed by atoms with Crippen LogP contribution in [0.25, 0.3) is 28.3 Å². The number of hydrogen-bond acceptors (Lipinski definition) is 1. The number of anilines is 3. The van der Waals surface area contributed by atoms with Crippen LogP contribution in [-0.4, -0.2) is 0 Å². The van der Waals surface area contributed by atoms with E-state index in [-0.39, 0.29) is 5.41 Å². The van der Waals surface area contributed by atoms with E-state index in [1.54, 1.807) is 5.56 Å². The summed E-state index contributed by atoms with van der Waals surface area (Å²) in [6, 6.07) is 41.2. The van der Waals surface area contributed by atoms with Crippen LogP contribution in [0.5, 0.6) is 0 Å². The number of fused-ring (bicyclic) bond motifs is 3. The van der Waals surface area contributed by atoms with Gasteiger partial charge < -0.3 is 4.90 Å². The van der Waals surface area contributed by atoms with Gasteiger partial charge in [0, 0.05) is 22.5 Å². The number of aryl methyl sites for hydroxylation is 2. The first kappa shape index (κ1) is 36.9. The first-order chi connectivity index (χ1) is 25.5. The van der Waals surface area contributed by atoms with Crippen LogP contribution < -0.4 is 4.90 Å². The summed E-state index contributed by atoms with van der Waals surface area (Å²) in [7, 11) is 0. The van der Waals surface area contributed by atoms with Gasteiger partial charge in [0.2, 0.25) is 0 Å². The largest absolute Gasteiger partial charge is 0.311 e. The lowest BCUT2D eigenvalue weighted by Gasteiger charge is -2.33. The summed E-state index contributed by atoms with van der Waals surface area (Å²) < 4.78 is 0. The molecule has 0 aliphatic heterocycles. The van der Waals surface area contributed by atoms with Gasteiger partial charge in [0.15, 0.2) is 0 Å². The third kappa shape index (κ3) is 8.26. The minimum atomic E-state index is 0.0450. The van der Waals surface area contributed by atoms with E-state index in [4.69, 9.17) is 0 Å². The van der Waals surface area contributed by atoms with Gasteiger partial charge in [0.25, 0.3) is 0 Å². The lowest BCUT2D eigenvalue weighted by Crippen LogP contribution is -2.25. The average Bonchev–Trinajstić information content (AvgIpc) is 3.43. The zero-order valence-electron chi connectivity index (χ0n) is 31.7. The highest BCUT2D eigenvalue weighted by molar-refractivity contribution is 5.85. The van der Waals surface area contributed by atoms with E-state index in [9.17, 15) is 0 Å². The van der Waals surface area contributed by atoms with Crippen molar-refractivity contribution in [1.82, 2.24) is 0 Å². The van der Waals surface area contributed by atoms with Crippen LogP contribution in [0.3, 0.4) is 0 Å². The Hall–Kier alpha value is -4.88. The third-order valence-corrected chi connectivity index (χ3v) is 11.2. The fraction of sp³-hybridized carbons (Fsp3) is 0.294. The van der Waals surface area contributed by atoms with Gasteiger partial charge in [0.1, 0.15) is 0 Å². The molecule has 1 aliphatic rings. The van der Waals surface area contributed by atoms with Crippen molar-refractivity contribution in [2.75, 3.05) is 4.90 Å². The van der Waals surface area contributed by atoms with Crippen LogP contribution in [0.15, 0.2) is 141 Å². The molecule has 0 N–H and O–H groups in total. The van der Waals surface area contributed by atoms with Crippen LogP contribution in [0.1, 0.15) is 105 Å². The van der Waals surface area contributed by atoms with Crippen molar-refractivity contribution in [3.8, 4) is 22.3 Å². The van der Waals surface area contributed by atoms with Gasteiger partial charge in [-0.05, 0) is 134 Å². The zero-order valence-corrected chi connectivity index (χ0v) is 31.7. The van der Waals surface area contributed by atoms with E-state index in [1.807, 2.05) is 6.08 Å². The first-order valence-corrected chi connectivity index (χ1v) is 19.6. The maximum atomic E-state index is 3.95. The van der Waals surface area contributed by atoms with Crippen molar-refractivity contribution >= 4 is 23.1 Å². The molecule has 0 amide bonds. The second-order valence-electron chi connectivity index (χ2n) is 14.9. The molecule has 1 heteroatoms. The number of unbranched alkanes of at least 4 members (excludes halogenated alkanes) is 8. The molecule has 0 saturated heterocycles. The molecule has 1 nitrogen and oxygen atoms in total. The summed E-state index contributed by atoms with van der Waals surface area (Å²) in [6.45, 7) is 16.2. The molecule has 0 saturated carbocycles. The van der Waals surface area contributed by atoms with Gasteiger partial charge in [-0.2, -0.15) is 0 Å². The van der Waals surface area contributed by atoms with Gasteiger partial charge in [0.05, 0.1) is 0 Å². The van der Waals surface area contributed by atoms with Crippen molar-refractivity contribution in [2.45, 2.75) is 96.3 Å². The van der Waals surface area contributed by atoms with E-state index < -0.39 is 0 Å². The van der Waals surface area contributed by atoms with Crippen molar-refractivity contribution in [2.24, 2.45) is 0 Å². The van der Waals surface area contributed by atoms with Gasteiger partial charge in [-0.15, -0.1) is 13.2 Å². The molecule has 0 heterocycles. The minimum absolute atomic E-state index is 0.0450. The number of rotatable bonds is 19. The highest BCUT2D eigenvalue weighted by atomic mass is 15.1. The smallest absolute Gasteiger partial charge is 0.0462 e. The van der Waals surface area contributed by atoms with E-state index in [2.05, 4.69) is 160 Å². The molecule has 0 unspecified atom stereocenters. The summed E-state index contributed by atoms with van der Waals surface area (Å²) in [5, 5.41) is 0. The van der Waals surface area contributed by atoms with Gasteiger partial charge in [-0.1, -0.05) is 141 Å². The Bertz CT molecular complexity index is 1920. The summed E-state index contributed by atoms with van der Waals surface area (Å²) in [5.74, 6) is 0. The quantitative estimate of drug-likeness (QED) is 0.0618. The van der Waals surface area contributed by atoms with Crippen molar-refractivity contribution in [1.29, 1.82) is 0 Å². The molecule has 0 bridgehead atoms. The molecule has 0 aromatic heterocycles. The molecule has 52 heavy (non-hydrogen) atoms. The number of nitrogens with zero attached hydrogens (tertiary/aromatic N) is 1. The Morgan fingerprint density at radius 2 is 0.942 bits per heavy atom.